The molecule has 0 spiro atoms. The molecule has 1 aromatic rings. The third-order valence-electron chi connectivity index (χ3n) is 10.7. The van der Waals surface area contributed by atoms with Gasteiger partial charge in [-0.25, -0.2) is 0 Å². The van der Waals surface area contributed by atoms with Crippen LogP contribution in [0.15, 0.2) is 30.3 Å². The van der Waals surface area contributed by atoms with Crippen LogP contribution in [0.2, 0.25) is 0 Å². The lowest BCUT2D eigenvalue weighted by Crippen LogP contribution is -2.51. The van der Waals surface area contributed by atoms with E-state index in [4.69, 9.17) is 4.74 Å². The summed E-state index contributed by atoms with van der Waals surface area (Å²) in [4.78, 5) is 103. The van der Waals surface area contributed by atoms with Crippen LogP contribution in [0.4, 0.5) is 0 Å². The molecular weight excluding hydrogens is 732 g/mol. The van der Waals surface area contributed by atoms with E-state index in [1.165, 1.54) is 4.90 Å². The first-order valence-corrected chi connectivity index (χ1v) is 20.3. The molecule has 1 unspecified atom stereocenters. The molecule has 2 aliphatic rings. The topological polar surface area (TPSA) is 209 Å². The van der Waals surface area contributed by atoms with Gasteiger partial charge in [0, 0.05) is 24.8 Å². The number of Topliss-reactive ketones (excluding diaryl/α,β-unsaturated/α-hetero) is 1. The Balaban J connectivity index is 1.37. The highest BCUT2D eigenvalue weighted by atomic mass is 16.5. The average molecular weight is 797 g/mol. The normalized spacial score (nSPS) is 16.7. The third-order valence-corrected chi connectivity index (χ3v) is 10.7. The van der Waals surface area contributed by atoms with Gasteiger partial charge in [0.1, 0.15) is 18.9 Å². The van der Waals surface area contributed by atoms with Crippen molar-refractivity contribution in [1.82, 2.24) is 31.5 Å². The number of amides is 7. The summed E-state index contributed by atoms with van der Waals surface area (Å²) in [5, 5.41) is 12.7. The van der Waals surface area contributed by atoms with Crippen LogP contribution in [0.1, 0.15) is 111 Å². The van der Waals surface area contributed by atoms with Crippen LogP contribution in [-0.4, -0.2) is 97.1 Å². The molecule has 15 nitrogen and oxygen atoms in total. The van der Waals surface area contributed by atoms with E-state index in [0.717, 1.165) is 18.4 Å². The number of ether oxygens (including phenoxy) is 1. The Morgan fingerprint density at radius 1 is 0.807 bits per heavy atom. The van der Waals surface area contributed by atoms with Gasteiger partial charge in [-0.2, -0.15) is 0 Å². The molecule has 0 aromatic heterocycles. The van der Waals surface area contributed by atoms with Crippen LogP contribution in [0.5, 0.6) is 0 Å². The molecule has 1 aliphatic heterocycles. The lowest BCUT2D eigenvalue weighted by molar-refractivity contribution is -0.142. The molecule has 2 fully saturated rings. The van der Waals surface area contributed by atoms with E-state index < -0.39 is 47.7 Å². The second-order valence-corrected chi connectivity index (χ2v) is 16.9. The van der Waals surface area contributed by atoms with Crippen molar-refractivity contribution in [1.29, 1.82) is 0 Å². The van der Waals surface area contributed by atoms with E-state index in [9.17, 15) is 38.4 Å². The lowest BCUT2D eigenvalue weighted by Gasteiger charge is -2.27. The van der Waals surface area contributed by atoms with E-state index in [1.54, 1.807) is 0 Å². The van der Waals surface area contributed by atoms with Crippen LogP contribution in [0.3, 0.4) is 0 Å². The molecule has 57 heavy (non-hydrogen) atoms. The third kappa shape index (κ3) is 16.4. The molecule has 1 saturated heterocycles. The quantitative estimate of drug-likeness (QED) is 0.0559. The Morgan fingerprint density at radius 2 is 1.44 bits per heavy atom. The number of nitrogens with zero attached hydrogens (tertiary/aromatic N) is 1. The van der Waals surface area contributed by atoms with Gasteiger partial charge in [0.05, 0.1) is 25.6 Å². The molecule has 1 saturated carbocycles. The van der Waals surface area contributed by atoms with Gasteiger partial charge in [-0.15, -0.1) is 0 Å². The number of benzene rings is 1. The highest BCUT2D eigenvalue weighted by molar-refractivity contribution is 6.03. The predicted octanol–water partition coefficient (Wildman–Crippen LogP) is 2.70. The minimum absolute atomic E-state index is 0.00296. The number of hydrogen-bond donors (Lipinski definition) is 5. The van der Waals surface area contributed by atoms with Crippen LogP contribution in [0.25, 0.3) is 0 Å². The van der Waals surface area contributed by atoms with E-state index in [0.29, 0.717) is 51.0 Å². The molecule has 5 N–H and O–H groups in total. The van der Waals surface area contributed by atoms with Gasteiger partial charge in [0.15, 0.2) is 5.78 Å². The maximum Gasteiger partial charge on any atom is 0.243 e. The number of aryl methyl sites for hydroxylation is 1. The van der Waals surface area contributed by atoms with Gasteiger partial charge in [0.25, 0.3) is 0 Å². The maximum atomic E-state index is 13.2. The number of rotatable bonds is 25. The van der Waals surface area contributed by atoms with Crippen molar-refractivity contribution in [3.63, 3.8) is 0 Å². The summed E-state index contributed by atoms with van der Waals surface area (Å²) in [6, 6.07) is 8.35. The number of carbonyl (C=O) groups excluding carboxylic acids is 8. The van der Waals surface area contributed by atoms with Gasteiger partial charge in [-0.3, -0.25) is 43.3 Å². The maximum absolute atomic E-state index is 13.2. The minimum Gasteiger partial charge on any atom is -0.350 e. The summed E-state index contributed by atoms with van der Waals surface area (Å²) >= 11 is 0. The van der Waals surface area contributed by atoms with Gasteiger partial charge in [0.2, 0.25) is 41.4 Å². The highest BCUT2D eigenvalue weighted by Gasteiger charge is 2.44. The molecular formula is C42H64N6O9. The zero-order valence-corrected chi connectivity index (χ0v) is 34.6. The summed E-state index contributed by atoms with van der Waals surface area (Å²) in [6.45, 7) is 10.5. The number of likely N-dealkylation sites (tertiary alicyclic amines) is 1. The molecule has 0 bridgehead atoms. The van der Waals surface area contributed by atoms with Gasteiger partial charge in [-0.05, 0) is 55.4 Å². The fourth-order valence-corrected chi connectivity index (χ4v) is 6.40. The molecule has 15 heteroatoms. The average Bonchev–Trinajstić information content (AvgIpc) is 3.95. The monoisotopic (exact) mass is 796 g/mol. The van der Waals surface area contributed by atoms with E-state index >= 15 is 0 Å². The van der Waals surface area contributed by atoms with E-state index in [1.807, 2.05) is 71.9 Å². The Morgan fingerprint density at radius 3 is 2.07 bits per heavy atom. The Labute approximate surface area is 336 Å². The van der Waals surface area contributed by atoms with Crippen molar-refractivity contribution < 1.29 is 43.1 Å². The second kappa shape index (κ2) is 22.3. The number of unbranched alkanes of at least 4 members (excludes halogenated alkanes) is 2. The summed E-state index contributed by atoms with van der Waals surface area (Å²) in [5.74, 6) is -2.87. The van der Waals surface area contributed by atoms with E-state index in [-0.39, 0.29) is 73.9 Å². The standard InChI is InChI=1S/C42H64N6O9/c1-7-42(5,6)38(54)32(22-29-17-18-29)57-27-46-35(51)25-45-39(55)31(20-19-28-14-10-8-11-15-28)47-36(52)26-44-34(50)24-43-33(49)16-12-9-13-21-48-37(53)23-30(40(48)56)41(2,3)4/h8,10-11,14-15,29-32H,7,9,12-13,16-27H2,1-6H3,(H,43,49)(H,44,50)(H,45,55)(H,46,51)(H,47,52)/t30?,31-,32+/m0/s1. The number of nitrogens with one attached hydrogen (secondary N) is 5. The molecule has 3 rings (SSSR count). The first kappa shape index (κ1) is 46.7. The fraction of sp³-hybridized carbons (Fsp3) is 0.667. The first-order valence-electron chi connectivity index (χ1n) is 20.3. The van der Waals surface area contributed by atoms with Gasteiger partial charge >= 0.3 is 0 Å². The number of carbonyl (C=O) groups is 8. The smallest absolute Gasteiger partial charge is 0.243 e. The molecule has 1 aromatic carbocycles. The van der Waals surface area contributed by atoms with Crippen molar-refractivity contribution in [3.05, 3.63) is 35.9 Å². The molecule has 7 amide bonds. The predicted molar refractivity (Wildman–Crippen MR) is 213 cm³/mol. The Hall–Kier alpha value is -4.66. The zero-order chi connectivity index (χ0) is 42.2. The molecule has 1 aliphatic carbocycles. The van der Waals surface area contributed by atoms with Crippen molar-refractivity contribution in [2.75, 3.05) is 32.9 Å². The van der Waals surface area contributed by atoms with Crippen LogP contribution >= 0.6 is 0 Å². The summed E-state index contributed by atoms with van der Waals surface area (Å²) in [7, 11) is 0. The number of imide groups is 1. The number of ketones is 1. The molecule has 3 atom stereocenters. The zero-order valence-electron chi connectivity index (χ0n) is 34.6. The van der Waals surface area contributed by atoms with Crippen molar-refractivity contribution >= 4 is 47.1 Å². The van der Waals surface area contributed by atoms with Gasteiger partial charge < -0.3 is 31.3 Å². The Bertz CT molecular complexity index is 1570. The summed E-state index contributed by atoms with van der Waals surface area (Å²) in [5.41, 5.74) is 0.109. The second-order valence-electron chi connectivity index (χ2n) is 16.9. The molecule has 1 heterocycles. The van der Waals surface area contributed by atoms with Crippen LogP contribution < -0.4 is 26.6 Å². The van der Waals surface area contributed by atoms with Crippen molar-refractivity contribution in [3.8, 4) is 0 Å². The Kier molecular flexibility index (Phi) is 18.3. The summed E-state index contributed by atoms with van der Waals surface area (Å²) in [6.07, 6.45) is 5.53. The van der Waals surface area contributed by atoms with Crippen molar-refractivity contribution in [2.45, 2.75) is 124 Å². The lowest BCUT2D eigenvalue weighted by atomic mass is 9.80. The SMILES string of the molecule is CCC(C)(C)C(=O)[C@@H](CC1CC1)OCNC(=O)CNC(=O)[C@H](CCc1ccccc1)NC(=O)CNC(=O)CNC(=O)CCCCCN1C(=O)CC(C(C)(C)C)C1=O. The molecule has 0 radical (unpaired) electrons. The minimum atomic E-state index is -1.02. The van der Waals surface area contributed by atoms with Crippen LogP contribution in [0, 0.1) is 22.7 Å². The molecule has 316 valence electrons. The van der Waals surface area contributed by atoms with E-state index in [2.05, 4.69) is 26.6 Å². The number of hydrogen-bond acceptors (Lipinski definition) is 9. The first-order chi connectivity index (χ1) is 26.9. The van der Waals surface area contributed by atoms with Crippen LogP contribution in [-0.2, 0) is 49.5 Å². The van der Waals surface area contributed by atoms with Gasteiger partial charge in [-0.1, -0.05) is 91.1 Å². The highest BCUT2D eigenvalue weighted by Crippen LogP contribution is 2.37. The fourth-order valence-electron chi connectivity index (χ4n) is 6.40. The van der Waals surface area contributed by atoms with Crippen molar-refractivity contribution in [2.24, 2.45) is 22.7 Å². The summed E-state index contributed by atoms with van der Waals surface area (Å²) < 4.78 is 5.81. The largest absolute Gasteiger partial charge is 0.350 e.